The average molecular weight is 278 g/mol. The summed E-state index contributed by atoms with van der Waals surface area (Å²) >= 11 is 0. The Labute approximate surface area is 124 Å². The number of hydrogen-bond donors (Lipinski definition) is 2. The summed E-state index contributed by atoms with van der Waals surface area (Å²) in [6.45, 7) is 8.61. The summed E-state index contributed by atoms with van der Waals surface area (Å²) < 4.78 is 0. The van der Waals surface area contributed by atoms with E-state index < -0.39 is 0 Å². The highest BCUT2D eigenvalue weighted by Gasteiger charge is 2.14. The topological polar surface area (TPSA) is 35.5 Å². The quantitative estimate of drug-likeness (QED) is 0.729. The van der Waals surface area contributed by atoms with Gasteiger partial charge in [-0.1, -0.05) is 36.8 Å². The van der Waals surface area contributed by atoms with Gasteiger partial charge in [0.05, 0.1) is 6.61 Å². The first kappa shape index (κ1) is 17.2. The van der Waals surface area contributed by atoms with Gasteiger partial charge >= 0.3 is 0 Å². The molecular weight excluding hydrogens is 248 g/mol. The monoisotopic (exact) mass is 278 g/mol. The van der Waals surface area contributed by atoms with E-state index in [2.05, 4.69) is 62.3 Å². The van der Waals surface area contributed by atoms with E-state index >= 15 is 0 Å². The van der Waals surface area contributed by atoms with Gasteiger partial charge in [0.2, 0.25) is 0 Å². The predicted octanol–water partition coefficient (Wildman–Crippen LogP) is 2.74. The number of aryl methyl sites for hydroxylation is 1. The maximum Gasteiger partial charge on any atom is 0.0584 e. The van der Waals surface area contributed by atoms with Crippen LogP contribution in [0.1, 0.15) is 43.9 Å². The maximum absolute atomic E-state index is 9.20. The number of rotatable bonds is 9. The van der Waals surface area contributed by atoms with Crippen molar-refractivity contribution in [3.63, 3.8) is 0 Å². The Hall–Kier alpha value is -0.900. The van der Waals surface area contributed by atoms with Gasteiger partial charge in [-0.25, -0.2) is 0 Å². The zero-order valence-electron chi connectivity index (χ0n) is 13.4. The molecule has 0 aliphatic heterocycles. The average Bonchev–Trinajstić information content (AvgIpc) is 2.47. The van der Waals surface area contributed by atoms with Crippen LogP contribution in [0.15, 0.2) is 24.3 Å². The molecule has 0 saturated carbocycles. The first-order valence-electron chi connectivity index (χ1n) is 7.69. The molecule has 0 saturated heterocycles. The van der Waals surface area contributed by atoms with Crippen LogP contribution in [0.4, 0.5) is 0 Å². The Morgan fingerprint density at radius 3 is 2.45 bits per heavy atom. The van der Waals surface area contributed by atoms with Crippen molar-refractivity contribution < 1.29 is 5.11 Å². The van der Waals surface area contributed by atoms with Crippen molar-refractivity contribution >= 4 is 0 Å². The van der Waals surface area contributed by atoms with Crippen molar-refractivity contribution in [1.29, 1.82) is 0 Å². The van der Waals surface area contributed by atoms with Crippen molar-refractivity contribution in [2.45, 2.75) is 45.7 Å². The SMILES string of the molecule is CCCNC(CCN(C)C(C)CO)c1ccc(C)cc1. The first-order chi connectivity index (χ1) is 9.58. The Balaban J connectivity index is 2.62. The summed E-state index contributed by atoms with van der Waals surface area (Å²) in [5.41, 5.74) is 2.66. The molecule has 1 aromatic carbocycles. The van der Waals surface area contributed by atoms with Crippen molar-refractivity contribution in [1.82, 2.24) is 10.2 Å². The fourth-order valence-electron chi connectivity index (χ4n) is 2.20. The van der Waals surface area contributed by atoms with E-state index in [-0.39, 0.29) is 12.6 Å². The molecule has 3 heteroatoms. The molecule has 0 aliphatic carbocycles. The number of aliphatic hydroxyl groups is 1. The third-order valence-electron chi connectivity index (χ3n) is 3.91. The molecule has 0 heterocycles. The minimum Gasteiger partial charge on any atom is -0.395 e. The summed E-state index contributed by atoms with van der Waals surface area (Å²) in [5.74, 6) is 0. The van der Waals surface area contributed by atoms with Crippen LogP contribution in [0.3, 0.4) is 0 Å². The molecule has 1 rings (SSSR count). The lowest BCUT2D eigenvalue weighted by Crippen LogP contribution is -2.35. The molecule has 0 amide bonds. The van der Waals surface area contributed by atoms with Crippen LogP contribution in [0.5, 0.6) is 0 Å². The molecule has 2 N–H and O–H groups in total. The maximum atomic E-state index is 9.20. The van der Waals surface area contributed by atoms with Crippen LogP contribution in [0.25, 0.3) is 0 Å². The van der Waals surface area contributed by atoms with Gasteiger partial charge in [-0.2, -0.15) is 0 Å². The molecule has 0 spiro atoms. The number of nitrogens with one attached hydrogen (secondary N) is 1. The minimum atomic E-state index is 0.216. The summed E-state index contributed by atoms with van der Waals surface area (Å²) in [6, 6.07) is 9.41. The van der Waals surface area contributed by atoms with E-state index in [1.165, 1.54) is 11.1 Å². The molecule has 0 aromatic heterocycles. The fourth-order valence-corrected chi connectivity index (χ4v) is 2.20. The van der Waals surface area contributed by atoms with Crippen LogP contribution in [0.2, 0.25) is 0 Å². The van der Waals surface area contributed by atoms with Crippen LogP contribution in [-0.2, 0) is 0 Å². The van der Waals surface area contributed by atoms with Crippen molar-refractivity contribution in [3.8, 4) is 0 Å². The second-order valence-electron chi connectivity index (χ2n) is 5.72. The molecule has 20 heavy (non-hydrogen) atoms. The standard InChI is InChI=1S/C17H30N2O/c1-5-11-18-17(10-12-19(4)15(3)13-20)16-8-6-14(2)7-9-16/h6-9,15,17-18,20H,5,10-13H2,1-4H3. The van der Waals surface area contributed by atoms with E-state index in [0.717, 1.165) is 25.9 Å². The zero-order chi connectivity index (χ0) is 15.0. The van der Waals surface area contributed by atoms with E-state index in [1.54, 1.807) is 0 Å². The van der Waals surface area contributed by atoms with E-state index in [9.17, 15) is 5.11 Å². The van der Waals surface area contributed by atoms with Gasteiger partial charge in [0, 0.05) is 18.6 Å². The number of nitrogens with zero attached hydrogens (tertiary/aromatic N) is 1. The molecule has 0 radical (unpaired) electrons. The summed E-state index contributed by atoms with van der Waals surface area (Å²) in [4.78, 5) is 2.22. The number of hydrogen-bond acceptors (Lipinski definition) is 3. The lowest BCUT2D eigenvalue weighted by molar-refractivity contribution is 0.154. The van der Waals surface area contributed by atoms with E-state index in [4.69, 9.17) is 0 Å². The Bertz CT molecular complexity index is 364. The lowest BCUT2D eigenvalue weighted by atomic mass is 10.0. The fraction of sp³-hybridized carbons (Fsp3) is 0.647. The molecule has 3 nitrogen and oxygen atoms in total. The number of aliphatic hydroxyl groups excluding tert-OH is 1. The lowest BCUT2D eigenvalue weighted by Gasteiger charge is -2.26. The highest BCUT2D eigenvalue weighted by molar-refractivity contribution is 5.24. The smallest absolute Gasteiger partial charge is 0.0584 e. The van der Waals surface area contributed by atoms with Crippen molar-refractivity contribution in [2.75, 3.05) is 26.7 Å². The van der Waals surface area contributed by atoms with Gasteiger partial charge in [-0.05, 0) is 45.8 Å². The van der Waals surface area contributed by atoms with Crippen molar-refractivity contribution in [3.05, 3.63) is 35.4 Å². The number of benzene rings is 1. The Kier molecular flexibility index (Phi) is 7.82. The molecule has 114 valence electrons. The van der Waals surface area contributed by atoms with Gasteiger partial charge in [-0.3, -0.25) is 0 Å². The van der Waals surface area contributed by atoms with Crippen LogP contribution >= 0.6 is 0 Å². The van der Waals surface area contributed by atoms with Crippen molar-refractivity contribution in [2.24, 2.45) is 0 Å². The van der Waals surface area contributed by atoms with Gasteiger partial charge in [-0.15, -0.1) is 0 Å². The zero-order valence-corrected chi connectivity index (χ0v) is 13.4. The number of likely N-dealkylation sites (N-methyl/N-ethyl adjacent to an activating group) is 1. The Morgan fingerprint density at radius 2 is 1.90 bits per heavy atom. The normalized spacial score (nSPS) is 14.5. The second-order valence-corrected chi connectivity index (χ2v) is 5.72. The first-order valence-corrected chi connectivity index (χ1v) is 7.69. The second kappa shape index (κ2) is 9.11. The van der Waals surface area contributed by atoms with Crippen LogP contribution < -0.4 is 5.32 Å². The van der Waals surface area contributed by atoms with Gasteiger partial charge < -0.3 is 15.3 Å². The van der Waals surface area contributed by atoms with Crippen LogP contribution in [-0.4, -0.2) is 42.8 Å². The van der Waals surface area contributed by atoms with Crippen LogP contribution in [0, 0.1) is 6.92 Å². The molecular formula is C17H30N2O. The summed E-state index contributed by atoms with van der Waals surface area (Å²) in [7, 11) is 2.08. The largest absolute Gasteiger partial charge is 0.395 e. The molecule has 2 unspecified atom stereocenters. The van der Waals surface area contributed by atoms with Gasteiger partial charge in [0.25, 0.3) is 0 Å². The summed E-state index contributed by atoms with van der Waals surface area (Å²) in [6.07, 6.45) is 2.20. The minimum absolute atomic E-state index is 0.216. The highest BCUT2D eigenvalue weighted by atomic mass is 16.3. The third-order valence-corrected chi connectivity index (χ3v) is 3.91. The molecule has 1 aromatic rings. The van der Waals surface area contributed by atoms with E-state index in [0.29, 0.717) is 6.04 Å². The van der Waals surface area contributed by atoms with Gasteiger partial charge in [0.15, 0.2) is 0 Å². The molecule has 0 bridgehead atoms. The Morgan fingerprint density at radius 1 is 1.25 bits per heavy atom. The molecule has 2 atom stereocenters. The van der Waals surface area contributed by atoms with E-state index in [1.807, 2.05) is 0 Å². The van der Waals surface area contributed by atoms with Gasteiger partial charge in [0.1, 0.15) is 0 Å². The molecule has 0 fully saturated rings. The highest BCUT2D eigenvalue weighted by Crippen LogP contribution is 2.18. The summed E-state index contributed by atoms with van der Waals surface area (Å²) in [5, 5.41) is 12.8. The molecule has 0 aliphatic rings. The third kappa shape index (κ3) is 5.61. The predicted molar refractivity (Wildman–Crippen MR) is 86.0 cm³/mol.